The van der Waals surface area contributed by atoms with Gasteiger partial charge in [-0.05, 0) is 13.0 Å². The quantitative estimate of drug-likeness (QED) is 0.794. The minimum Gasteiger partial charge on any atom is -0.352 e. The smallest absolute Gasteiger partial charge is 0.227 e. The summed E-state index contributed by atoms with van der Waals surface area (Å²) in [6.07, 6.45) is 6.13. The van der Waals surface area contributed by atoms with Gasteiger partial charge in [-0.1, -0.05) is 0 Å². The molecule has 0 aliphatic carbocycles. The number of hydrogen-bond acceptors (Lipinski definition) is 5. The van der Waals surface area contributed by atoms with Crippen LogP contribution in [0.25, 0.3) is 0 Å². The maximum atomic E-state index is 12.3. The molecule has 1 N–H and O–H groups in total. The van der Waals surface area contributed by atoms with Crippen LogP contribution in [0.2, 0.25) is 0 Å². The molecule has 2 aliphatic rings. The molecule has 0 radical (unpaired) electrons. The molecule has 1 aromatic rings. The third-order valence-corrected chi connectivity index (χ3v) is 3.87. The largest absolute Gasteiger partial charge is 0.352 e. The molecule has 19 heavy (non-hydrogen) atoms. The Balaban J connectivity index is 1.56. The Morgan fingerprint density at radius 1 is 1.26 bits per heavy atom. The van der Waals surface area contributed by atoms with Crippen LogP contribution >= 0.6 is 0 Å². The lowest BCUT2D eigenvalue weighted by Crippen LogP contribution is -2.50. The molecule has 2 aliphatic heterocycles. The Bertz CT molecular complexity index is 424. The molecule has 2 fully saturated rings. The van der Waals surface area contributed by atoms with Gasteiger partial charge in [0.05, 0.1) is 12.1 Å². The average Bonchev–Trinajstić information content (AvgIpc) is 3.02. The highest BCUT2D eigenvalue weighted by Crippen LogP contribution is 2.16. The predicted octanol–water partition coefficient (Wildman–Crippen LogP) is -0.265. The molecule has 0 saturated carbocycles. The molecule has 1 unspecified atom stereocenters. The molecule has 6 heteroatoms. The number of carbonyl (C=O) groups is 1. The molecule has 0 spiro atoms. The predicted molar refractivity (Wildman–Crippen MR) is 71.8 cm³/mol. The van der Waals surface area contributed by atoms with Gasteiger partial charge in [0.15, 0.2) is 0 Å². The Labute approximate surface area is 112 Å². The molecular weight excluding hydrogens is 242 g/mol. The summed E-state index contributed by atoms with van der Waals surface area (Å²) in [5, 5.41) is 3.25. The number of hydrogen-bond donors (Lipinski definition) is 1. The van der Waals surface area contributed by atoms with Gasteiger partial charge >= 0.3 is 0 Å². The van der Waals surface area contributed by atoms with Crippen LogP contribution in [0.5, 0.6) is 0 Å². The second-order valence-corrected chi connectivity index (χ2v) is 5.07. The van der Waals surface area contributed by atoms with Crippen LogP contribution < -0.4 is 10.2 Å². The maximum absolute atomic E-state index is 12.3. The summed E-state index contributed by atoms with van der Waals surface area (Å²) >= 11 is 0. The summed E-state index contributed by atoms with van der Waals surface area (Å²) < 4.78 is 0. The van der Waals surface area contributed by atoms with Gasteiger partial charge in [0.25, 0.3) is 0 Å². The number of aromatic nitrogens is 2. The third-order valence-electron chi connectivity index (χ3n) is 3.87. The van der Waals surface area contributed by atoms with Gasteiger partial charge in [-0.25, -0.2) is 4.98 Å². The molecule has 3 heterocycles. The van der Waals surface area contributed by atoms with E-state index in [9.17, 15) is 4.79 Å². The molecule has 1 amide bonds. The second-order valence-electron chi connectivity index (χ2n) is 5.07. The highest BCUT2D eigenvalue weighted by molar-refractivity contribution is 5.79. The number of piperazine rings is 1. The van der Waals surface area contributed by atoms with Gasteiger partial charge in [0.1, 0.15) is 5.82 Å². The van der Waals surface area contributed by atoms with Crippen molar-refractivity contribution in [2.24, 2.45) is 5.92 Å². The first-order chi connectivity index (χ1) is 9.34. The van der Waals surface area contributed by atoms with Crippen molar-refractivity contribution < 1.29 is 4.79 Å². The normalized spacial score (nSPS) is 23.7. The van der Waals surface area contributed by atoms with Gasteiger partial charge in [0, 0.05) is 45.1 Å². The van der Waals surface area contributed by atoms with Crippen molar-refractivity contribution in [3.63, 3.8) is 0 Å². The lowest BCUT2D eigenvalue weighted by atomic mass is 10.1. The van der Waals surface area contributed by atoms with E-state index in [1.165, 1.54) is 0 Å². The number of anilines is 1. The highest BCUT2D eigenvalue weighted by atomic mass is 16.2. The van der Waals surface area contributed by atoms with Crippen molar-refractivity contribution in [1.29, 1.82) is 0 Å². The molecule has 6 nitrogen and oxygen atoms in total. The number of amides is 1. The van der Waals surface area contributed by atoms with E-state index in [2.05, 4.69) is 20.2 Å². The van der Waals surface area contributed by atoms with Crippen molar-refractivity contribution in [2.75, 3.05) is 44.2 Å². The van der Waals surface area contributed by atoms with E-state index < -0.39 is 0 Å². The van der Waals surface area contributed by atoms with E-state index in [1.807, 2.05) is 4.90 Å². The zero-order chi connectivity index (χ0) is 13.1. The average molecular weight is 261 g/mol. The van der Waals surface area contributed by atoms with Crippen LogP contribution in [-0.2, 0) is 4.79 Å². The molecule has 2 saturated heterocycles. The number of nitrogens with one attached hydrogen (secondary N) is 1. The van der Waals surface area contributed by atoms with E-state index in [1.54, 1.807) is 18.6 Å². The van der Waals surface area contributed by atoms with Crippen molar-refractivity contribution >= 4 is 11.7 Å². The van der Waals surface area contributed by atoms with Crippen molar-refractivity contribution in [1.82, 2.24) is 20.2 Å². The molecule has 102 valence electrons. The first-order valence-electron chi connectivity index (χ1n) is 6.85. The Hall–Kier alpha value is -1.69. The van der Waals surface area contributed by atoms with Crippen molar-refractivity contribution in [3.8, 4) is 0 Å². The fourth-order valence-corrected chi connectivity index (χ4v) is 2.73. The first kappa shape index (κ1) is 12.3. The first-order valence-corrected chi connectivity index (χ1v) is 6.85. The monoisotopic (exact) mass is 261 g/mol. The number of rotatable bonds is 2. The minimum atomic E-state index is 0.183. The van der Waals surface area contributed by atoms with Crippen LogP contribution in [-0.4, -0.2) is 60.0 Å². The summed E-state index contributed by atoms with van der Waals surface area (Å²) in [6, 6.07) is 0. The van der Waals surface area contributed by atoms with E-state index in [0.29, 0.717) is 5.91 Å². The lowest BCUT2D eigenvalue weighted by molar-refractivity contribution is -0.135. The Morgan fingerprint density at radius 3 is 2.74 bits per heavy atom. The standard InChI is InChI=1S/C13H19N5O/c19-13(11-1-2-14-9-11)18-7-5-17(6-8-18)12-10-15-3-4-16-12/h3-4,10-11,14H,1-2,5-9H2. The summed E-state index contributed by atoms with van der Waals surface area (Å²) in [5.74, 6) is 1.39. The van der Waals surface area contributed by atoms with E-state index in [4.69, 9.17) is 0 Å². The van der Waals surface area contributed by atoms with Gasteiger partial charge in [-0.2, -0.15) is 0 Å². The fourth-order valence-electron chi connectivity index (χ4n) is 2.73. The van der Waals surface area contributed by atoms with Crippen molar-refractivity contribution in [3.05, 3.63) is 18.6 Å². The van der Waals surface area contributed by atoms with Gasteiger partial charge < -0.3 is 15.1 Å². The highest BCUT2D eigenvalue weighted by Gasteiger charge is 2.29. The minimum absolute atomic E-state index is 0.183. The van der Waals surface area contributed by atoms with Crippen molar-refractivity contribution in [2.45, 2.75) is 6.42 Å². The van der Waals surface area contributed by atoms with Crippen LogP contribution in [0.4, 0.5) is 5.82 Å². The van der Waals surface area contributed by atoms with E-state index in [0.717, 1.165) is 51.5 Å². The zero-order valence-electron chi connectivity index (χ0n) is 11.0. The molecule has 0 bridgehead atoms. The van der Waals surface area contributed by atoms with Gasteiger partial charge in [0.2, 0.25) is 5.91 Å². The molecule has 3 rings (SSSR count). The zero-order valence-corrected chi connectivity index (χ0v) is 11.0. The lowest BCUT2D eigenvalue weighted by Gasteiger charge is -2.36. The fraction of sp³-hybridized carbons (Fsp3) is 0.615. The topological polar surface area (TPSA) is 61.4 Å². The van der Waals surface area contributed by atoms with Gasteiger partial charge in [-0.15, -0.1) is 0 Å². The second kappa shape index (κ2) is 5.52. The van der Waals surface area contributed by atoms with E-state index in [-0.39, 0.29) is 5.92 Å². The summed E-state index contributed by atoms with van der Waals surface area (Å²) in [6.45, 7) is 5.05. The molecule has 0 aromatic carbocycles. The summed E-state index contributed by atoms with van der Waals surface area (Å²) in [4.78, 5) is 24.8. The molecular formula is C13H19N5O. The van der Waals surface area contributed by atoms with Crippen LogP contribution in [0, 0.1) is 5.92 Å². The van der Waals surface area contributed by atoms with E-state index >= 15 is 0 Å². The Morgan fingerprint density at radius 2 is 2.11 bits per heavy atom. The van der Waals surface area contributed by atoms with Crippen LogP contribution in [0.1, 0.15) is 6.42 Å². The number of carbonyl (C=O) groups excluding carboxylic acids is 1. The molecule has 1 aromatic heterocycles. The summed E-state index contributed by atoms with van der Waals surface area (Å²) in [7, 11) is 0. The van der Waals surface area contributed by atoms with Crippen LogP contribution in [0.3, 0.4) is 0 Å². The summed E-state index contributed by atoms with van der Waals surface area (Å²) in [5.41, 5.74) is 0. The Kier molecular flexibility index (Phi) is 3.59. The third kappa shape index (κ3) is 2.68. The number of nitrogens with zero attached hydrogens (tertiary/aromatic N) is 4. The van der Waals surface area contributed by atoms with Gasteiger partial charge in [-0.3, -0.25) is 9.78 Å². The van der Waals surface area contributed by atoms with Crippen LogP contribution in [0.15, 0.2) is 18.6 Å². The maximum Gasteiger partial charge on any atom is 0.227 e. The SMILES string of the molecule is O=C(C1CCNC1)N1CCN(c2cnccn2)CC1. The molecule has 1 atom stereocenters.